The third kappa shape index (κ3) is 13.7. The molecule has 7 rings (SSSR count). The van der Waals surface area contributed by atoms with E-state index in [0.717, 1.165) is 0 Å². The first-order valence-corrected chi connectivity index (χ1v) is 24.5. The van der Waals surface area contributed by atoms with Gasteiger partial charge in [-0.1, -0.05) is 38.5 Å². The van der Waals surface area contributed by atoms with Crippen molar-refractivity contribution in [1.82, 2.24) is 0 Å². The summed E-state index contributed by atoms with van der Waals surface area (Å²) in [6.07, 6.45) is 47.6. The minimum Gasteiger partial charge on any atom is -0.184 e. The Morgan fingerprint density at radius 2 is 0.522 bits per heavy atom. The summed E-state index contributed by atoms with van der Waals surface area (Å²) in [6.45, 7) is 0. The number of hydrogen-bond acceptors (Lipinski definition) is 0. The van der Waals surface area contributed by atoms with Crippen molar-refractivity contribution in [3.8, 4) is 0 Å². The molecule has 1 aromatic rings. The molecule has 0 nitrogen and oxygen atoms in total. The Hall–Kier alpha value is 0.504. The summed E-state index contributed by atoms with van der Waals surface area (Å²) < 4.78 is 9.12. The molecule has 6 saturated carbocycles. The fraction of sp³-hybridized carbons (Fsp3) is 0.857. The second-order valence-electron chi connectivity index (χ2n) is 16.1. The van der Waals surface area contributed by atoms with Gasteiger partial charge >= 0.3 is 19.5 Å². The minimum atomic E-state index is -0.0465. The summed E-state index contributed by atoms with van der Waals surface area (Å²) in [6, 6.07) is 12.5. The second kappa shape index (κ2) is 24.6. The number of benzene rings is 1. The van der Waals surface area contributed by atoms with Crippen LogP contribution < -0.4 is 0 Å². The van der Waals surface area contributed by atoms with Crippen LogP contribution in [0, 0.1) is 6.07 Å². The molecule has 0 radical (unpaired) electrons. The van der Waals surface area contributed by atoms with E-state index in [1.165, 1.54) is 34.0 Å². The molecule has 267 valence electrons. The summed E-state index contributed by atoms with van der Waals surface area (Å²) in [5, 5.41) is 0. The molecule has 1 aromatic carbocycles. The van der Waals surface area contributed by atoms with E-state index in [2.05, 4.69) is 22.0 Å². The van der Waals surface area contributed by atoms with Crippen LogP contribution in [-0.2, 0) is 15.9 Å². The maximum atomic E-state index is 9.12. The summed E-state index contributed by atoms with van der Waals surface area (Å²) in [5.74, 6) is 0. The van der Waals surface area contributed by atoms with Gasteiger partial charge < -0.3 is 0 Å². The van der Waals surface area contributed by atoms with E-state index >= 15 is 0 Å². The van der Waals surface area contributed by atoms with E-state index in [0.29, 0.717) is 0 Å². The van der Waals surface area contributed by atoms with Crippen molar-refractivity contribution in [2.75, 3.05) is 0 Å². The van der Waals surface area contributed by atoms with E-state index in [9.17, 15) is 0 Å². The van der Waals surface area contributed by atoms with Gasteiger partial charge in [-0.05, 0) is 154 Å². The molecular formula is C42H73FNiP2+. The van der Waals surface area contributed by atoms with E-state index in [1.807, 2.05) is 30.3 Å². The Morgan fingerprint density at radius 3 is 0.652 bits per heavy atom. The van der Waals surface area contributed by atoms with E-state index < -0.39 is 0 Å². The zero-order valence-electron chi connectivity index (χ0n) is 29.8. The monoisotopic (exact) mass is 716 g/mol. The van der Waals surface area contributed by atoms with E-state index in [-0.39, 0.29) is 15.8 Å². The van der Waals surface area contributed by atoms with Gasteiger partial charge in [-0.2, -0.15) is 36.4 Å². The zero-order chi connectivity index (χ0) is 32.1. The SMILES string of the molecule is C1CCC([PH+](C2CCCCC2)C2CCCCC2)CC1.C1CCC([PH+](C2CCCCC2)C2CCCCC2)CC1.[F][Ni].[c-]1ccccc1. The normalized spacial score (nSPS) is 25.1. The van der Waals surface area contributed by atoms with Crippen molar-refractivity contribution in [3.05, 3.63) is 36.4 Å². The Kier molecular flexibility index (Phi) is 21.0. The summed E-state index contributed by atoms with van der Waals surface area (Å²) in [4.78, 5) is 0. The zero-order valence-corrected chi connectivity index (χ0v) is 32.7. The van der Waals surface area contributed by atoms with E-state index in [4.69, 9.17) is 3.61 Å². The molecule has 0 bridgehead atoms. The largest absolute Gasteiger partial charge is 0.184 e. The number of rotatable bonds is 6. The molecule has 4 heteroatoms. The van der Waals surface area contributed by atoms with Crippen LogP contribution in [0.2, 0.25) is 0 Å². The molecule has 0 amide bonds. The van der Waals surface area contributed by atoms with Crippen LogP contribution in [0.1, 0.15) is 193 Å². The van der Waals surface area contributed by atoms with Gasteiger partial charge in [0.25, 0.3) is 0 Å². The van der Waals surface area contributed by atoms with Crippen LogP contribution >= 0.6 is 15.8 Å². The molecule has 0 N–H and O–H groups in total. The van der Waals surface area contributed by atoms with Crippen molar-refractivity contribution < 1.29 is 19.5 Å². The Balaban J connectivity index is 0.000000169. The quantitative estimate of drug-likeness (QED) is 0.156. The fourth-order valence-electron chi connectivity index (χ4n) is 11.0. The summed E-state index contributed by atoms with van der Waals surface area (Å²) in [7, 11) is -0.0930. The topological polar surface area (TPSA) is 0 Å². The second-order valence-corrected chi connectivity index (χ2v) is 23.0. The van der Waals surface area contributed by atoms with Gasteiger partial charge in [0.05, 0.1) is 34.0 Å². The average molecular weight is 718 g/mol. The van der Waals surface area contributed by atoms with Crippen molar-refractivity contribution in [2.24, 2.45) is 0 Å². The molecule has 0 heterocycles. The fourth-order valence-corrected chi connectivity index (χ4v) is 21.4. The molecule has 0 saturated heterocycles. The third-order valence-corrected chi connectivity index (χ3v) is 22.2. The molecule has 0 unspecified atom stereocenters. The first kappa shape index (κ1) is 39.3. The first-order chi connectivity index (χ1) is 22.9. The molecular weight excluding hydrogens is 644 g/mol. The van der Waals surface area contributed by atoms with Gasteiger partial charge in [0, 0.05) is 15.8 Å². The molecule has 6 aliphatic carbocycles. The van der Waals surface area contributed by atoms with Gasteiger partial charge in [0.2, 0.25) is 0 Å². The standard InChI is InChI=1S/2C18H33P.C6H5.FH.Ni/c2*1-4-10-16(11-5-1)19(17-12-6-2-7-13-17)18-14-8-3-9-15-18;1-2-4-6-5-3-1;;/h2*16-18H,1-15H2;1-5H;1H;/q;;-1;;+1/p+1. The maximum Gasteiger partial charge on any atom is -0.171 e. The molecule has 0 aliphatic heterocycles. The Labute approximate surface area is 297 Å². The van der Waals surface area contributed by atoms with E-state index in [1.54, 1.807) is 193 Å². The van der Waals surface area contributed by atoms with Crippen LogP contribution in [0.25, 0.3) is 0 Å². The Bertz CT molecular complexity index is 651. The predicted octanol–water partition coefficient (Wildman–Crippen LogP) is 14.3. The van der Waals surface area contributed by atoms with Crippen molar-refractivity contribution in [3.63, 3.8) is 0 Å². The van der Waals surface area contributed by atoms with Crippen LogP contribution in [0.5, 0.6) is 0 Å². The van der Waals surface area contributed by atoms with Crippen molar-refractivity contribution in [2.45, 2.75) is 227 Å². The smallest absolute Gasteiger partial charge is 0.171 e. The van der Waals surface area contributed by atoms with Gasteiger partial charge in [-0.25, -0.2) is 0 Å². The maximum absolute atomic E-state index is 9.12. The molecule has 6 fully saturated rings. The molecule has 46 heavy (non-hydrogen) atoms. The Morgan fingerprint density at radius 1 is 0.326 bits per heavy atom. The molecule has 0 spiro atoms. The summed E-state index contributed by atoms with van der Waals surface area (Å²) >= 11 is 2.38. The van der Waals surface area contributed by atoms with Crippen LogP contribution in [0.4, 0.5) is 3.61 Å². The summed E-state index contributed by atoms with van der Waals surface area (Å²) in [5.41, 5.74) is 7.36. The van der Waals surface area contributed by atoms with Crippen molar-refractivity contribution >= 4 is 15.8 Å². The minimum absolute atomic E-state index is 0.0465. The van der Waals surface area contributed by atoms with Crippen molar-refractivity contribution in [1.29, 1.82) is 0 Å². The molecule has 0 atom stereocenters. The number of hydrogen-bond donors (Lipinski definition) is 0. The van der Waals surface area contributed by atoms with Gasteiger partial charge in [0.15, 0.2) is 0 Å². The third-order valence-electron chi connectivity index (χ3n) is 13.1. The van der Waals surface area contributed by atoms with Gasteiger partial charge in [-0.15, -0.1) is 0 Å². The average Bonchev–Trinajstić information content (AvgIpc) is 3.17. The molecule has 0 aromatic heterocycles. The van der Waals surface area contributed by atoms with Crippen LogP contribution in [-0.4, -0.2) is 34.0 Å². The van der Waals surface area contributed by atoms with Crippen LogP contribution in [0.3, 0.4) is 0 Å². The first-order valence-electron chi connectivity index (χ1n) is 20.7. The van der Waals surface area contributed by atoms with Crippen LogP contribution in [0.15, 0.2) is 30.3 Å². The molecule has 6 aliphatic rings. The van der Waals surface area contributed by atoms with Gasteiger partial charge in [-0.3, -0.25) is 0 Å². The number of halogens is 1. The van der Waals surface area contributed by atoms with Gasteiger partial charge in [0.1, 0.15) is 0 Å². The predicted molar refractivity (Wildman–Crippen MR) is 204 cm³/mol.